The highest BCUT2D eigenvalue weighted by molar-refractivity contribution is 5.93. The first-order valence-electron chi connectivity index (χ1n) is 6.78. The number of Topliss-reactive ketones (excluding diaryl/α,β-unsaturated/α-hetero) is 1. The predicted molar refractivity (Wildman–Crippen MR) is 70.0 cm³/mol. The van der Waals surface area contributed by atoms with E-state index in [1.54, 1.807) is 0 Å². The summed E-state index contributed by atoms with van der Waals surface area (Å²) in [6.07, 6.45) is 2.76. The monoisotopic (exact) mass is 238 g/mol. The number of hydrogen-bond donors (Lipinski definition) is 2. The van der Waals surface area contributed by atoms with E-state index in [-0.39, 0.29) is 22.5 Å². The minimum atomic E-state index is -0.279. The summed E-state index contributed by atoms with van der Waals surface area (Å²) in [5, 5.41) is 7.19. The van der Waals surface area contributed by atoms with Crippen molar-refractivity contribution in [2.75, 3.05) is 6.54 Å². The molecule has 1 atom stereocenters. The van der Waals surface area contributed by atoms with Gasteiger partial charge < -0.3 is 10.6 Å². The number of piperidine rings is 1. The molecule has 2 saturated heterocycles. The van der Waals surface area contributed by atoms with Gasteiger partial charge in [0.05, 0.1) is 5.54 Å². The van der Waals surface area contributed by atoms with E-state index in [9.17, 15) is 4.79 Å². The number of rotatable bonds is 1. The summed E-state index contributed by atoms with van der Waals surface area (Å²) in [6, 6.07) is 0. The Bertz CT molecular complexity index is 317. The summed E-state index contributed by atoms with van der Waals surface area (Å²) in [6.45, 7) is 11.8. The van der Waals surface area contributed by atoms with Crippen LogP contribution in [0, 0.1) is 5.92 Å². The topological polar surface area (TPSA) is 41.1 Å². The summed E-state index contributed by atoms with van der Waals surface area (Å²) in [4.78, 5) is 12.6. The average Bonchev–Trinajstić information content (AvgIpc) is 2.38. The number of ketones is 1. The second kappa shape index (κ2) is 3.79. The van der Waals surface area contributed by atoms with Crippen LogP contribution in [-0.2, 0) is 4.79 Å². The summed E-state index contributed by atoms with van der Waals surface area (Å²) >= 11 is 0. The van der Waals surface area contributed by atoms with Crippen molar-refractivity contribution in [3.63, 3.8) is 0 Å². The maximum atomic E-state index is 12.6. The molecule has 2 aliphatic rings. The summed E-state index contributed by atoms with van der Waals surface area (Å²) in [5.41, 5.74) is -0.237. The zero-order valence-corrected chi connectivity index (χ0v) is 11.8. The summed E-state index contributed by atoms with van der Waals surface area (Å²) in [5.74, 6) is 0.669. The quantitative estimate of drug-likeness (QED) is 0.732. The van der Waals surface area contributed by atoms with E-state index in [0.29, 0.717) is 5.78 Å². The van der Waals surface area contributed by atoms with Crippen molar-refractivity contribution in [1.82, 2.24) is 10.6 Å². The minimum absolute atomic E-state index is 0.0209. The molecule has 2 N–H and O–H groups in total. The van der Waals surface area contributed by atoms with E-state index in [2.05, 4.69) is 45.3 Å². The van der Waals surface area contributed by atoms with Gasteiger partial charge in [-0.3, -0.25) is 4.79 Å². The van der Waals surface area contributed by atoms with Crippen molar-refractivity contribution in [1.29, 1.82) is 0 Å². The molecule has 0 radical (unpaired) electrons. The molecule has 0 aromatic heterocycles. The highest BCUT2D eigenvalue weighted by atomic mass is 16.1. The lowest BCUT2D eigenvalue weighted by Gasteiger charge is -2.51. The normalized spacial score (nSPS) is 34.2. The van der Waals surface area contributed by atoms with Crippen molar-refractivity contribution in [2.45, 2.75) is 70.5 Å². The Morgan fingerprint density at radius 1 is 1.18 bits per heavy atom. The van der Waals surface area contributed by atoms with Crippen molar-refractivity contribution in [3.8, 4) is 0 Å². The maximum Gasteiger partial charge on any atom is 0.157 e. The van der Waals surface area contributed by atoms with Crippen LogP contribution >= 0.6 is 0 Å². The Morgan fingerprint density at radius 3 is 2.12 bits per heavy atom. The van der Waals surface area contributed by atoms with Crippen LogP contribution < -0.4 is 10.6 Å². The number of carbonyl (C=O) groups excluding carboxylic acids is 1. The third kappa shape index (κ3) is 2.27. The van der Waals surface area contributed by atoms with Gasteiger partial charge in [0.15, 0.2) is 5.78 Å². The van der Waals surface area contributed by atoms with Gasteiger partial charge in [-0.2, -0.15) is 0 Å². The van der Waals surface area contributed by atoms with E-state index < -0.39 is 0 Å². The molecule has 0 amide bonds. The highest BCUT2D eigenvalue weighted by Gasteiger charge is 2.55. The second-order valence-corrected chi connectivity index (χ2v) is 7.18. The first-order valence-corrected chi connectivity index (χ1v) is 6.78. The van der Waals surface area contributed by atoms with Gasteiger partial charge in [0.25, 0.3) is 0 Å². The van der Waals surface area contributed by atoms with Gasteiger partial charge in [-0.05, 0) is 47.0 Å². The summed E-state index contributed by atoms with van der Waals surface area (Å²) < 4.78 is 0. The first-order chi connectivity index (χ1) is 7.70. The molecule has 0 bridgehead atoms. The predicted octanol–water partition coefficient (Wildman–Crippen LogP) is 1.86. The van der Waals surface area contributed by atoms with Gasteiger partial charge in [-0.25, -0.2) is 0 Å². The Hall–Kier alpha value is -0.410. The van der Waals surface area contributed by atoms with Crippen LogP contribution in [0.2, 0.25) is 0 Å². The van der Waals surface area contributed by atoms with Crippen molar-refractivity contribution < 1.29 is 4.79 Å². The van der Waals surface area contributed by atoms with Crippen LogP contribution in [0.4, 0.5) is 0 Å². The molecule has 2 fully saturated rings. The van der Waals surface area contributed by atoms with Crippen LogP contribution in [0.25, 0.3) is 0 Å². The molecule has 3 heteroatoms. The number of hydrogen-bond acceptors (Lipinski definition) is 3. The summed E-state index contributed by atoms with van der Waals surface area (Å²) in [7, 11) is 0. The molecule has 2 aliphatic heterocycles. The third-order valence-electron chi connectivity index (χ3n) is 4.19. The lowest BCUT2D eigenvalue weighted by atomic mass is 9.68. The molecule has 1 unspecified atom stereocenters. The lowest BCUT2D eigenvalue weighted by molar-refractivity contribution is -0.128. The molecular formula is C14H26N2O. The van der Waals surface area contributed by atoms with Crippen LogP contribution in [0.3, 0.4) is 0 Å². The van der Waals surface area contributed by atoms with E-state index in [0.717, 1.165) is 25.8 Å². The fraction of sp³-hybridized carbons (Fsp3) is 0.929. The molecule has 0 saturated carbocycles. The lowest BCUT2D eigenvalue weighted by Crippen LogP contribution is -2.68. The smallest absolute Gasteiger partial charge is 0.157 e. The van der Waals surface area contributed by atoms with Crippen LogP contribution in [0.1, 0.15) is 53.9 Å². The minimum Gasteiger partial charge on any atom is -0.307 e. The van der Waals surface area contributed by atoms with Gasteiger partial charge in [-0.1, -0.05) is 6.92 Å². The van der Waals surface area contributed by atoms with E-state index >= 15 is 0 Å². The van der Waals surface area contributed by atoms with E-state index in [4.69, 9.17) is 0 Å². The number of nitrogens with one attached hydrogen (secondary N) is 2. The molecule has 2 rings (SSSR count). The Balaban J connectivity index is 2.29. The maximum absolute atomic E-state index is 12.6. The van der Waals surface area contributed by atoms with Crippen LogP contribution in [-0.4, -0.2) is 28.9 Å². The van der Waals surface area contributed by atoms with Gasteiger partial charge >= 0.3 is 0 Å². The van der Waals surface area contributed by atoms with Crippen LogP contribution in [0.5, 0.6) is 0 Å². The Labute approximate surface area is 105 Å². The zero-order chi connectivity index (χ0) is 12.9. The third-order valence-corrected chi connectivity index (χ3v) is 4.19. The van der Waals surface area contributed by atoms with E-state index in [1.165, 1.54) is 0 Å². The Morgan fingerprint density at radius 2 is 1.71 bits per heavy atom. The van der Waals surface area contributed by atoms with Gasteiger partial charge in [0, 0.05) is 23.5 Å². The SMILES string of the molecule is CCC1CNC2(CC(C)(C)NC(C)(C)C2)C1=O. The molecule has 0 aromatic carbocycles. The molecule has 17 heavy (non-hydrogen) atoms. The molecule has 2 heterocycles. The van der Waals surface area contributed by atoms with Crippen molar-refractivity contribution >= 4 is 5.78 Å². The zero-order valence-electron chi connectivity index (χ0n) is 11.8. The van der Waals surface area contributed by atoms with Gasteiger partial charge in [0.1, 0.15) is 0 Å². The molecule has 3 nitrogen and oxygen atoms in total. The van der Waals surface area contributed by atoms with Crippen molar-refractivity contribution in [2.24, 2.45) is 5.92 Å². The second-order valence-electron chi connectivity index (χ2n) is 7.18. The van der Waals surface area contributed by atoms with Crippen molar-refractivity contribution in [3.05, 3.63) is 0 Å². The van der Waals surface area contributed by atoms with Crippen LogP contribution in [0.15, 0.2) is 0 Å². The highest BCUT2D eigenvalue weighted by Crippen LogP contribution is 2.40. The van der Waals surface area contributed by atoms with Gasteiger partial charge in [0.2, 0.25) is 0 Å². The fourth-order valence-corrected chi connectivity index (χ4v) is 4.09. The molecule has 98 valence electrons. The Kier molecular flexibility index (Phi) is 2.91. The van der Waals surface area contributed by atoms with Gasteiger partial charge in [-0.15, -0.1) is 0 Å². The standard InChI is InChI=1S/C14H26N2O/c1-6-10-7-15-14(11(10)17)8-12(2,3)16-13(4,5)9-14/h10,15-16H,6-9H2,1-5H3. The largest absolute Gasteiger partial charge is 0.307 e. The molecule has 0 aliphatic carbocycles. The first kappa shape index (κ1) is 13.0. The average molecular weight is 238 g/mol. The molecular weight excluding hydrogens is 212 g/mol. The fourth-order valence-electron chi connectivity index (χ4n) is 4.09. The number of carbonyl (C=O) groups is 1. The van der Waals surface area contributed by atoms with E-state index in [1.807, 2.05) is 0 Å². The molecule has 1 spiro atoms. The molecule has 0 aromatic rings.